The quantitative estimate of drug-likeness (QED) is 0.774. The van der Waals surface area contributed by atoms with Crippen LogP contribution < -0.4 is 5.32 Å². The lowest BCUT2D eigenvalue weighted by molar-refractivity contribution is 0.394. The fourth-order valence-electron chi connectivity index (χ4n) is 2.00. The molecule has 0 aliphatic rings. The largest absolute Gasteiger partial charge is 0.312 e. The minimum atomic E-state index is 0.791. The van der Waals surface area contributed by atoms with Crippen molar-refractivity contribution >= 4 is 22.9 Å². The Hall–Kier alpha value is -0.870. The first-order chi connectivity index (χ1) is 9.65. The highest BCUT2D eigenvalue weighted by Crippen LogP contribution is 2.29. The molecule has 0 saturated heterocycles. The van der Waals surface area contributed by atoms with E-state index in [9.17, 15) is 0 Å². The number of nitrogens with zero attached hydrogens (tertiary/aromatic N) is 1. The lowest BCUT2D eigenvalue weighted by atomic mass is 10.2. The van der Waals surface area contributed by atoms with Crippen LogP contribution in [-0.2, 0) is 6.54 Å². The number of nitrogens with one attached hydrogen (secondary N) is 1. The zero-order valence-electron chi connectivity index (χ0n) is 12.0. The number of halogens is 1. The molecule has 0 atom stereocenters. The van der Waals surface area contributed by atoms with Gasteiger partial charge in [-0.2, -0.15) is 0 Å². The van der Waals surface area contributed by atoms with Gasteiger partial charge in [0, 0.05) is 21.3 Å². The van der Waals surface area contributed by atoms with Crippen molar-refractivity contribution in [3.8, 4) is 10.4 Å². The van der Waals surface area contributed by atoms with E-state index in [1.54, 1.807) is 0 Å². The van der Waals surface area contributed by atoms with Crippen LogP contribution in [0.4, 0.5) is 0 Å². The number of benzene rings is 1. The zero-order chi connectivity index (χ0) is 14.4. The Balaban J connectivity index is 1.83. The molecule has 2 rings (SSSR count). The molecular formula is C16H21ClN2S. The molecule has 0 aliphatic heterocycles. The monoisotopic (exact) mass is 308 g/mol. The van der Waals surface area contributed by atoms with Crippen LogP contribution in [0.3, 0.4) is 0 Å². The average Bonchev–Trinajstić information content (AvgIpc) is 2.87. The molecule has 0 unspecified atom stereocenters. The van der Waals surface area contributed by atoms with Crippen molar-refractivity contribution in [2.75, 3.05) is 27.2 Å². The van der Waals surface area contributed by atoms with Crippen LogP contribution >= 0.6 is 22.9 Å². The van der Waals surface area contributed by atoms with Gasteiger partial charge >= 0.3 is 0 Å². The van der Waals surface area contributed by atoms with Crippen molar-refractivity contribution in [2.24, 2.45) is 0 Å². The third kappa shape index (κ3) is 4.91. The van der Waals surface area contributed by atoms with Gasteiger partial charge in [-0.25, -0.2) is 0 Å². The summed E-state index contributed by atoms with van der Waals surface area (Å²) in [5, 5.41) is 4.28. The van der Waals surface area contributed by atoms with E-state index in [-0.39, 0.29) is 0 Å². The molecule has 0 saturated carbocycles. The normalized spacial score (nSPS) is 11.2. The summed E-state index contributed by atoms with van der Waals surface area (Å²) in [6.45, 7) is 3.13. The molecule has 2 nitrogen and oxygen atoms in total. The Morgan fingerprint density at radius 3 is 2.80 bits per heavy atom. The van der Waals surface area contributed by atoms with Gasteiger partial charge in [0.05, 0.1) is 0 Å². The Bertz CT molecular complexity index is 537. The molecule has 0 spiro atoms. The Labute approximate surface area is 130 Å². The minimum absolute atomic E-state index is 0.791. The Morgan fingerprint density at radius 1 is 1.20 bits per heavy atom. The van der Waals surface area contributed by atoms with Gasteiger partial charge in [0.25, 0.3) is 0 Å². The van der Waals surface area contributed by atoms with Crippen LogP contribution in [0.2, 0.25) is 5.02 Å². The molecule has 0 bridgehead atoms. The number of thiophene rings is 1. The summed E-state index contributed by atoms with van der Waals surface area (Å²) in [6, 6.07) is 12.4. The molecule has 1 aromatic carbocycles. The van der Waals surface area contributed by atoms with E-state index >= 15 is 0 Å². The molecule has 20 heavy (non-hydrogen) atoms. The molecular weight excluding hydrogens is 288 g/mol. The van der Waals surface area contributed by atoms with Crippen LogP contribution in [0.25, 0.3) is 10.4 Å². The molecule has 0 radical (unpaired) electrons. The average molecular weight is 309 g/mol. The summed E-state index contributed by atoms with van der Waals surface area (Å²) >= 11 is 7.86. The van der Waals surface area contributed by atoms with E-state index in [2.05, 4.69) is 42.5 Å². The van der Waals surface area contributed by atoms with E-state index in [4.69, 9.17) is 11.6 Å². The van der Waals surface area contributed by atoms with Crippen molar-refractivity contribution < 1.29 is 0 Å². The fourth-order valence-corrected chi connectivity index (χ4v) is 3.17. The van der Waals surface area contributed by atoms with Gasteiger partial charge in [-0.15, -0.1) is 11.3 Å². The standard InChI is InChI=1S/C16H21ClN2S/c1-19(2)10-4-9-18-12-15-7-8-16(20-15)13-5-3-6-14(17)11-13/h3,5-8,11,18H,4,9-10,12H2,1-2H3. The first kappa shape index (κ1) is 15.5. The molecule has 0 aliphatic carbocycles. The van der Waals surface area contributed by atoms with Crippen LogP contribution in [0, 0.1) is 0 Å². The third-order valence-electron chi connectivity index (χ3n) is 3.03. The van der Waals surface area contributed by atoms with Gasteiger partial charge in [0.2, 0.25) is 0 Å². The summed E-state index contributed by atoms with van der Waals surface area (Å²) in [6.07, 6.45) is 1.18. The van der Waals surface area contributed by atoms with Gasteiger partial charge in [0.1, 0.15) is 0 Å². The molecule has 0 fully saturated rings. The lowest BCUT2D eigenvalue weighted by Gasteiger charge is -2.09. The van der Waals surface area contributed by atoms with Gasteiger partial charge in [-0.05, 0) is 63.4 Å². The maximum absolute atomic E-state index is 6.03. The third-order valence-corrected chi connectivity index (χ3v) is 4.40. The first-order valence-electron chi connectivity index (χ1n) is 6.85. The van der Waals surface area contributed by atoms with E-state index in [0.29, 0.717) is 0 Å². The van der Waals surface area contributed by atoms with Crippen molar-refractivity contribution in [3.63, 3.8) is 0 Å². The maximum Gasteiger partial charge on any atom is 0.0412 e. The summed E-state index contributed by atoms with van der Waals surface area (Å²) < 4.78 is 0. The molecule has 108 valence electrons. The Kier molecular flexibility index (Phi) is 6.05. The van der Waals surface area contributed by atoms with Crippen molar-refractivity contribution in [1.82, 2.24) is 10.2 Å². The fraction of sp³-hybridized carbons (Fsp3) is 0.375. The number of hydrogen-bond donors (Lipinski definition) is 1. The van der Waals surface area contributed by atoms with Gasteiger partial charge in [0.15, 0.2) is 0 Å². The van der Waals surface area contributed by atoms with Gasteiger partial charge in [-0.1, -0.05) is 23.7 Å². The second-order valence-corrected chi connectivity index (χ2v) is 6.71. The summed E-state index contributed by atoms with van der Waals surface area (Å²) in [4.78, 5) is 4.85. The van der Waals surface area contributed by atoms with Crippen molar-refractivity contribution in [1.29, 1.82) is 0 Å². The smallest absolute Gasteiger partial charge is 0.0412 e. The maximum atomic E-state index is 6.03. The topological polar surface area (TPSA) is 15.3 Å². The summed E-state index contributed by atoms with van der Waals surface area (Å²) in [5.74, 6) is 0. The SMILES string of the molecule is CN(C)CCCNCc1ccc(-c2cccc(Cl)c2)s1. The van der Waals surface area contributed by atoms with Crippen LogP contribution in [0.15, 0.2) is 36.4 Å². The Morgan fingerprint density at radius 2 is 2.05 bits per heavy atom. The van der Waals surface area contributed by atoms with E-state index in [1.807, 2.05) is 29.5 Å². The summed E-state index contributed by atoms with van der Waals surface area (Å²) in [7, 11) is 4.22. The molecule has 1 aromatic heterocycles. The second-order valence-electron chi connectivity index (χ2n) is 5.11. The molecule has 4 heteroatoms. The predicted octanol–water partition coefficient (Wildman–Crippen LogP) is 4.11. The van der Waals surface area contributed by atoms with Crippen LogP contribution in [0.1, 0.15) is 11.3 Å². The minimum Gasteiger partial charge on any atom is -0.312 e. The van der Waals surface area contributed by atoms with Crippen LogP contribution in [-0.4, -0.2) is 32.1 Å². The molecule has 0 amide bonds. The highest BCUT2D eigenvalue weighted by Gasteiger charge is 2.03. The zero-order valence-corrected chi connectivity index (χ0v) is 13.6. The molecule has 1 heterocycles. The predicted molar refractivity (Wildman–Crippen MR) is 89.6 cm³/mol. The highest BCUT2D eigenvalue weighted by molar-refractivity contribution is 7.15. The lowest BCUT2D eigenvalue weighted by Crippen LogP contribution is -2.20. The number of hydrogen-bond acceptors (Lipinski definition) is 3. The van der Waals surface area contributed by atoms with E-state index < -0.39 is 0 Å². The van der Waals surface area contributed by atoms with Crippen LogP contribution in [0.5, 0.6) is 0 Å². The van der Waals surface area contributed by atoms with Crippen molar-refractivity contribution in [3.05, 3.63) is 46.3 Å². The second kappa shape index (κ2) is 7.79. The van der Waals surface area contributed by atoms with Gasteiger partial charge < -0.3 is 10.2 Å². The van der Waals surface area contributed by atoms with Gasteiger partial charge in [-0.3, -0.25) is 0 Å². The van der Waals surface area contributed by atoms with E-state index in [1.165, 1.54) is 21.7 Å². The molecule has 1 N–H and O–H groups in total. The van der Waals surface area contributed by atoms with E-state index in [0.717, 1.165) is 24.7 Å². The summed E-state index contributed by atoms with van der Waals surface area (Å²) in [5.41, 5.74) is 1.20. The number of rotatable bonds is 7. The van der Waals surface area contributed by atoms with Crippen molar-refractivity contribution in [2.45, 2.75) is 13.0 Å². The first-order valence-corrected chi connectivity index (χ1v) is 8.05. The highest BCUT2D eigenvalue weighted by atomic mass is 35.5. The molecule has 2 aromatic rings.